The van der Waals surface area contributed by atoms with Crippen molar-refractivity contribution in [3.63, 3.8) is 0 Å². The van der Waals surface area contributed by atoms with E-state index in [1.54, 1.807) is 24.5 Å². The number of aromatic nitrogens is 1. The topological polar surface area (TPSA) is 71.1 Å². The predicted molar refractivity (Wildman–Crippen MR) is 86.1 cm³/mol. The zero-order chi connectivity index (χ0) is 15.5. The molecule has 0 amide bonds. The molecule has 0 saturated heterocycles. The highest BCUT2D eigenvalue weighted by atomic mass is 32.2. The van der Waals surface area contributed by atoms with Crippen molar-refractivity contribution in [1.29, 1.82) is 0 Å². The van der Waals surface area contributed by atoms with E-state index in [2.05, 4.69) is 28.9 Å². The van der Waals surface area contributed by atoms with Crippen LogP contribution < -0.4 is 10.0 Å². The molecule has 0 unspecified atom stereocenters. The highest BCUT2D eigenvalue weighted by Crippen LogP contribution is 2.25. The molecule has 2 aromatic heterocycles. The number of sulfonamides is 1. The molecule has 2 N–H and O–H groups in total. The maximum Gasteiger partial charge on any atom is 0.271 e. The Balaban J connectivity index is 2.15. The number of nitrogens with zero attached hydrogens (tertiary/aromatic N) is 1. The molecule has 2 heterocycles. The van der Waals surface area contributed by atoms with Gasteiger partial charge in [-0.3, -0.25) is 9.71 Å². The first-order valence-electron chi connectivity index (χ1n) is 6.64. The second kappa shape index (κ2) is 6.55. The second-order valence-corrected chi connectivity index (χ2v) is 8.13. The van der Waals surface area contributed by atoms with Crippen molar-refractivity contribution >= 4 is 27.0 Å². The van der Waals surface area contributed by atoms with Crippen LogP contribution in [0.25, 0.3) is 0 Å². The van der Waals surface area contributed by atoms with Gasteiger partial charge in [0.05, 0.1) is 5.69 Å². The van der Waals surface area contributed by atoms with E-state index in [9.17, 15) is 8.42 Å². The monoisotopic (exact) mass is 325 g/mol. The number of aryl methyl sites for hydroxylation is 1. The Morgan fingerprint density at radius 2 is 2.05 bits per heavy atom. The van der Waals surface area contributed by atoms with Gasteiger partial charge in [0, 0.05) is 29.9 Å². The van der Waals surface area contributed by atoms with Crippen molar-refractivity contribution in [2.45, 2.75) is 37.6 Å². The summed E-state index contributed by atoms with van der Waals surface area (Å²) >= 11 is 1.28. The van der Waals surface area contributed by atoms with Gasteiger partial charge in [-0.15, -0.1) is 11.3 Å². The first-order valence-corrected chi connectivity index (χ1v) is 8.94. The molecule has 0 aromatic carbocycles. The molecular formula is C14H19N3O2S2. The van der Waals surface area contributed by atoms with Crippen LogP contribution in [0.4, 0.5) is 5.69 Å². The summed E-state index contributed by atoms with van der Waals surface area (Å²) in [6.45, 7) is 6.60. The average Bonchev–Trinajstić information content (AvgIpc) is 2.88. The van der Waals surface area contributed by atoms with Gasteiger partial charge in [0.1, 0.15) is 4.21 Å². The predicted octanol–water partition coefficient (Wildman–Crippen LogP) is 2.75. The fourth-order valence-corrected chi connectivity index (χ4v) is 4.12. The van der Waals surface area contributed by atoms with Crippen LogP contribution in [0.2, 0.25) is 0 Å². The maximum atomic E-state index is 12.4. The summed E-state index contributed by atoms with van der Waals surface area (Å²) in [6, 6.07) is 5.50. The fourth-order valence-electron chi connectivity index (χ4n) is 1.69. The highest BCUT2D eigenvalue weighted by Gasteiger charge is 2.17. The lowest BCUT2D eigenvalue weighted by Crippen LogP contribution is -2.21. The van der Waals surface area contributed by atoms with E-state index in [1.807, 2.05) is 13.0 Å². The lowest BCUT2D eigenvalue weighted by atomic mass is 10.3. The normalized spacial score (nSPS) is 11.8. The number of anilines is 1. The third-order valence-corrected chi connectivity index (χ3v) is 5.79. The van der Waals surface area contributed by atoms with Crippen LogP contribution in [0.15, 0.2) is 34.8 Å². The van der Waals surface area contributed by atoms with Crippen LogP contribution in [0.3, 0.4) is 0 Å². The minimum Gasteiger partial charge on any atom is -0.310 e. The van der Waals surface area contributed by atoms with Gasteiger partial charge >= 0.3 is 0 Å². The molecule has 21 heavy (non-hydrogen) atoms. The van der Waals surface area contributed by atoms with Gasteiger partial charge < -0.3 is 5.32 Å². The number of hydrogen-bond acceptors (Lipinski definition) is 5. The van der Waals surface area contributed by atoms with Gasteiger partial charge in [0.25, 0.3) is 10.0 Å². The largest absolute Gasteiger partial charge is 0.310 e. The lowest BCUT2D eigenvalue weighted by molar-refractivity contribution is 0.593. The Kier molecular flexibility index (Phi) is 4.97. The molecule has 0 aliphatic heterocycles. The molecule has 0 radical (unpaired) electrons. The third-order valence-electron chi connectivity index (χ3n) is 2.85. The Morgan fingerprint density at radius 1 is 1.29 bits per heavy atom. The summed E-state index contributed by atoms with van der Waals surface area (Å²) < 4.78 is 27.6. The summed E-state index contributed by atoms with van der Waals surface area (Å²) in [7, 11) is -3.54. The number of nitrogens with one attached hydrogen (secondary N) is 2. The molecule has 2 rings (SSSR count). The molecule has 0 aliphatic carbocycles. The van der Waals surface area contributed by atoms with Gasteiger partial charge in [0.15, 0.2) is 0 Å². The van der Waals surface area contributed by atoms with E-state index >= 15 is 0 Å². The van der Waals surface area contributed by atoms with Gasteiger partial charge in [0.2, 0.25) is 0 Å². The van der Waals surface area contributed by atoms with Crippen LogP contribution in [0.5, 0.6) is 0 Å². The number of hydrogen-bond donors (Lipinski definition) is 2. The van der Waals surface area contributed by atoms with E-state index in [0.29, 0.717) is 22.5 Å². The molecule has 0 spiro atoms. The summed E-state index contributed by atoms with van der Waals surface area (Å²) in [5, 5.41) is 3.27. The molecule has 0 fully saturated rings. The van der Waals surface area contributed by atoms with E-state index in [0.717, 1.165) is 10.4 Å². The van der Waals surface area contributed by atoms with Crippen LogP contribution in [-0.2, 0) is 16.6 Å². The minimum absolute atomic E-state index is 0.319. The summed E-state index contributed by atoms with van der Waals surface area (Å²) in [5.41, 5.74) is 1.35. The zero-order valence-corrected chi connectivity index (χ0v) is 13.9. The van der Waals surface area contributed by atoms with E-state index in [1.165, 1.54) is 11.3 Å². The lowest BCUT2D eigenvalue weighted by Gasteiger charge is -2.08. The first-order chi connectivity index (χ1) is 9.88. The van der Waals surface area contributed by atoms with Crippen molar-refractivity contribution in [2.75, 3.05) is 4.72 Å². The number of thiophene rings is 1. The fraction of sp³-hybridized carbons (Fsp3) is 0.357. The van der Waals surface area contributed by atoms with Crippen molar-refractivity contribution < 1.29 is 8.42 Å². The molecule has 0 bridgehead atoms. The number of pyridine rings is 1. The zero-order valence-electron chi connectivity index (χ0n) is 12.3. The molecular weight excluding hydrogens is 306 g/mol. The summed E-state index contributed by atoms with van der Waals surface area (Å²) in [4.78, 5) is 4.95. The van der Waals surface area contributed by atoms with Gasteiger partial charge in [-0.25, -0.2) is 8.42 Å². The standard InChI is InChI=1S/C14H19N3O2S2/c1-10(2)16-9-12-4-5-14(20-12)21(18,19)17-13-6-7-15-8-11(13)3/h4-8,10,16H,9H2,1-3H3,(H,15,17). The first kappa shape index (κ1) is 15.9. The van der Waals surface area contributed by atoms with Crippen molar-refractivity contribution in [3.05, 3.63) is 41.0 Å². The molecule has 0 atom stereocenters. The van der Waals surface area contributed by atoms with Crippen molar-refractivity contribution in [2.24, 2.45) is 0 Å². The van der Waals surface area contributed by atoms with Crippen molar-refractivity contribution in [3.8, 4) is 0 Å². The molecule has 0 saturated carbocycles. The minimum atomic E-state index is -3.54. The maximum absolute atomic E-state index is 12.4. The molecule has 2 aromatic rings. The van der Waals surface area contributed by atoms with Crippen LogP contribution >= 0.6 is 11.3 Å². The molecule has 114 valence electrons. The quantitative estimate of drug-likeness (QED) is 0.857. The SMILES string of the molecule is Cc1cnccc1NS(=O)(=O)c1ccc(CNC(C)C)s1. The van der Waals surface area contributed by atoms with Crippen LogP contribution in [0.1, 0.15) is 24.3 Å². The van der Waals surface area contributed by atoms with Crippen LogP contribution in [-0.4, -0.2) is 19.4 Å². The Bertz CT molecular complexity index is 709. The molecule has 0 aliphatic rings. The van der Waals surface area contributed by atoms with E-state index < -0.39 is 10.0 Å². The average molecular weight is 325 g/mol. The molecule has 7 heteroatoms. The highest BCUT2D eigenvalue weighted by molar-refractivity contribution is 7.94. The summed E-state index contributed by atoms with van der Waals surface area (Å²) in [5.74, 6) is 0. The van der Waals surface area contributed by atoms with Gasteiger partial charge in [-0.05, 0) is 30.7 Å². The number of rotatable bonds is 6. The summed E-state index contributed by atoms with van der Waals surface area (Å²) in [6.07, 6.45) is 3.20. The van der Waals surface area contributed by atoms with Crippen LogP contribution in [0, 0.1) is 6.92 Å². The Labute approximate surface area is 129 Å². The van der Waals surface area contributed by atoms with Gasteiger partial charge in [-0.2, -0.15) is 0 Å². The third kappa shape index (κ3) is 4.26. The second-order valence-electron chi connectivity index (χ2n) is 5.05. The van der Waals surface area contributed by atoms with E-state index in [4.69, 9.17) is 0 Å². The van der Waals surface area contributed by atoms with Gasteiger partial charge in [-0.1, -0.05) is 13.8 Å². The Morgan fingerprint density at radius 3 is 2.71 bits per heavy atom. The Hall–Kier alpha value is -1.44. The smallest absolute Gasteiger partial charge is 0.271 e. The molecule has 5 nitrogen and oxygen atoms in total. The van der Waals surface area contributed by atoms with E-state index in [-0.39, 0.29) is 0 Å². The van der Waals surface area contributed by atoms with Crippen molar-refractivity contribution in [1.82, 2.24) is 10.3 Å².